The molecule has 0 aliphatic carbocycles. The van der Waals surface area contributed by atoms with E-state index in [0.717, 1.165) is 0 Å². The van der Waals surface area contributed by atoms with E-state index in [-0.39, 0.29) is 5.75 Å². The summed E-state index contributed by atoms with van der Waals surface area (Å²) >= 11 is 3.15. The molecule has 2 N–H and O–H groups in total. The summed E-state index contributed by atoms with van der Waals surface area (Å²) in [5.74, 6) is 0.162. The van der Waals surface area contributed by atoms with E-state index >= 15 is 0 Å². The Morgan fingerprint density at radius 3 is 2.67 bits per heavy atom. The average Bonchev–Trinajstić information content (AvgIpc) is 2.08. The fourth-order valence-electron chi connectivity index (χ4n) is 0.843. The summed E-state index contributed by atoms with van der Waals surface area (Å²) < 4.78 is 0.570. The van der Waals surface area contributed by atoms with Crippen molar-refractivity contribution in [2.45, 2.75) is 6.10 Å². The van der Waals surface area contributed by atoms with E-state index in [1.54, 1.807) is 12.1 Å². The summed E-state index contributed by atoms with van der Waals surface area (Å²) in [6.45, 7) is 3.46. The molecule has 2 nitrogen and oxygen atoms in total. The van der Waals surface area contributed by atoms with Crippen LogP contribution in [0.2, 0.25) is 0 Å². The number of phenolic OH excluding ortho intramolecular Hbond substituents is 1. The minimum absolute atomic E-state index is 0.162. The van der Waals surface area contributed by atoms with Crippen molar-refractivity contribution in [1.82, 2.24) is 0 Å². The molecule has 0 aromatic heterocycles. The van der Waals surface area contributed by atoms with Crippen molar-refractivity contribution >= 4 is 15.9 Å². The summed E-state index contributed by atoms with van der Waals surface area (Å²) in [5, 5.41) is 18.5. The Morgan fingerprint density at radius 1 is 1.50 bits per heavy atom. The van der Waals surface area contributed by atoms with E-state index in [1.807, 2.05) is 0 Å². The van der Waals surface area contributed by atoms with Crippen LogP contribution >= 0.6 is 15.9 Å². The molecule has 0 amide bonds. The van der Waals surface area contributed by atoms with Gasteiger partial charge in [0, 0.05) is 0 Å². The van der Waals surface area contributed by atoms with E-state index in [4.69, 9.17) is 5.11 Å². The van der Waals surface area contributed by atoms with Crippen LogP contribution in [0.5, 0.6) is 5.75 Å². The molecule has 0 aliphatic heterocycles. The van der Waals surface area contributed by atoms with Gasteiger partial charge in [-0.1, -0.05) is 12.1 Å². The van der Waals surface area contributed by atoms with Gasteiger partial charge in [0.2, 0.25) is 0 Å². The Hall–Kier alpha value is -0.800. The molecule has 0 radical (unpaired) electrons. The second-order valence-electron chi connectivity index (χ2n) is 2.39. The van der Waals surface area contributed by atoms with E-state index in [2.05, 4.69) is 22.5 Å². The number of halogens is 1. The first-order valence-corrected chi connectivity index (χ1v) is 4.23. The quantitative estimate of drug-likeness (QED) is 0.764. The van der Waals surface area contributed by atoms with Crippen LogP contribution in [-0.4, -0.2) is 10.2 Å². The van der Waals surface area contributed by atoms with E-state index in [0.29, 0.717) is 10.0 Å². The maximum absolute atomic E-state index is 9.32. The molecule has 1 atom stereocenters. The van der Waals surface area contributed by atoms with Crippen molar-refractivity contribution in [1.29, 1.82) is 0 Å². The molecule has 1 rings (SSSR count). The van der Waals surface area contributed by atoms with Crippen LogP contribution in [0.15, 0.2) is 35.3 Å². The minimum atomic E-state index is -0.679. The van der Waals surface area contributed by atoms with Gasteiger partial charge in [-0.05, 0) is 33.6 Å². The summed E-state index contributed by atoms with van der Waals surface area (Å²) in [5.41, 5.74) is 0.703. The molecule has 1 unspecified atom stereocenters. The van der Waals surface area contributed by atoms with Gasteiger partial charge in [-0.2, -0.15) is 0 Å². The van der Waals surface area contributed by atoms with Crippen LogP contribution in [0.3, 0.4) is 0 Å². The molecule has 1 aromatic carbocycles. The SMILES string of the molecule is C=CC(O)c1ccc(O)c(Br)c1. The number of benzene rings is 1. The van der Waals surface area contributed by atoms with E-state index in [1.165, 1.54) is 12.1 Å². The number of rotatable bonds is 2. The van der Waals surface area contributed by atoms with Crippen molar-refractivity contribution in [3.8, 4) is 5.75 Å². The van der Waals surface area contributed by atoms with E-state index < -0.39 is 6.10 Å². The van der Waals surface area contributed by atoms with Gasteiger partial charge in [-0.15, -0.1) is 6.58 Å². The molecule has 0 heterocycles. The smallest absolute Gasteiger partial charge is 0.129 e. The van der Waals surface area contributed by atoms with E-state index in [9.17, 15) is 5.11 Å². The third-order valence-corrected chi connectivity index (χ3v) is 2.17. The zero-order valence-electron chi connectivity index (χ0n) is 6.37. The standard InChI is InChI=1S/C9H9BrO2/c1-2-8(11)6-3-4-9(12)7(10)5-6/h2-5,8,11-12H,1H2. The highest BCUT2D eigenvalue weighted by molar-refractivity contribution is 9.10. The molecule has 64 valence electrons. The van der Waals surface area contributed by atoms with Crippen molar-refractivity contribution in [2.75, 3.05) is 0 Å². The second kappa shape index (κ2) is 3.74. The van der Waals surface area contributed by atoms with Gasteiger partial charge in [0.25, 0.3) is 0 Å². The average molecular weight is 229 g/mol. The summed E-state index contributed by atoms with van der Waals surface area (Å²) in [4.78, 5) is 0. The fraction of sp³-hybridized carbons (Fsp3) is 0.111. The normalized spacial score (nSPS) is 12.5. The van der Waals surface area contributed by atoms with Gasteiger partial charge in [-0.25, -0.2) is 0 Å². The lowest BCUT2D eigenvalue weighted by Crippen LogP contribution is -1.91. The maximum Gasteiger partial charge on any atom is 0.129 e. The monoisotopic (exact) mass is 228 g/mol. The highest BCUT2D eigenvalue weighted by atomic mass is 79.9. The summed E-state index contributed by atoms with van der Waals surface area (Å²) in [7, 11) is 0. The van der Waals surface area contributed by atoms with Crippen LogP contribution in [0, 0.1) is 0 Å². The number of aromatic hydroxyl groups is 1. The van der Waals surface area contributed by atoms with Crippen LogP contribution in [-0.2, 0) is 0 Å². The first kappa shape index (κ1) is 9.29. The van der Waals surface area contributed by atoms with Crippen molar-refractivity contribution in [3.63, 3.8) is 0 Å². The predicted octanol–water partition coefficient (Wildman–Crippen LogP) is 2.37. The Kier molecular flexibility index (Phi) is 2.89. The first-order chi connectivity index (χ1) is 5.65. The predicted molar refractivity (Wildman–Crippen MR) is 51.0 cm³/mol. The Balaban J connectivity index is 3.04. The molecule has 3 heteroatoms. The molecule has 0 saturated heterocycles. The van der Waals surface area contributed by atoms with Crippen molar-refractivity contribution in [3.05, 3.63) is 40.9 Å². The van der Waals surface area contributed by atoms with Crippen LogP contribution in [0.25, 0.3) is 0 Å². The molecule has 0 bridgehead atoms. The lowest BCUT2D eigenvalue weighted by molar-refractivity contribution is 0.229. The topological polar surface area (TPSA) is 40.5 Å². The Morgan fingerprint density at radius 2 is 2.17 bits per heavy atom. The fourth-order valence-corrected chi connectivity index (χ4v) is 1.24. The summed E-state index contributed by atoms with van der Waals surface area (Å²) in [6, 6.07) is 4.82. The van der Waals surface area contributed by atoms with Crippen LogP contribution in [0.4, 0.5) is 0 Å². The van der Waals surface area contributed by atoms with Gasteiger partial charge in [0.15, 0.2) is 0 Å². The van der Waals surface area contributed by atoms with Crippen molar-refractivity contribution in [2.24, 2.45) is 0 Å². The molecule has 1 aromatic rings. The number of aliphatic hydroxyl groups excluding tert-OH is 1. The number of hydrogen-bond donors (Lipinski definition) is 2. The number of aliphatic hydroxyl groups is 1. The van der Waals surface area contributed by atoms with Gasteiger partial charge >= 0.3 is 0 Å². The first-order valence-electron chi connectivity index (χ1n) is 3.44. The van der Waals surface area contributed by atoms with Gasteiger partial charge in [0.05, 0.1) is 10.6 Å². The summed E-state index contributed by atoms with van der Waals surface area (Å²) in [6.07, 6.45) is 0.751. The van der Waals surface area contributed by atoms with Crippen molar-refractivity contribution < 1.29 is 10.2 Å². The molecular formula is C9H9BrO2. The third kappa shape index (κ3) is 1.87. The molecule has 0 fully saturated rings. The van der Waals surface area contributed by atoms with Crippen LogP contribution in [0.1, 0.15) is 11.7 Å². The second-order valence-corrected chi connectivity index (χ2v) is 3.25. The third-order valence-electron chi connectivity index (χ3n) is 1.54. The zero-order valence-corrected chi connectivity index (χ0v) is 7.95. The molecule has 0 aliphatic rings. The highest BCUT2D eigenvalue weighted by Gasteiger charge is 2.04. The molecular weight excluding hydrogens is 220 g/mol. The molecule has 0 spiro atoms. The number of hydrogen-bond acceptors (Lipinski definition) is 2. The number of phenols is 1. The largest absolute Gasteiger partial charge is 0.507 e. The zero-order chi connectivity index (χ0) is 9.14. The highest BCUT2D eigenvalue weighted by Crippen LogP contribution is 2.27. The Bertz CT molecular complexity index is 297. The van der Waals surface area contributed by atoms with Gasteiger partial charge in [-0.3, -0.25) is 0 Å². The van der Waals surface area contributed by atoms with Gasteiger partial charge in [0.1, 0.15) is 5.75 Å². The van der Waals surface area contributed by atoms with Gasteiger partial charge < -0.3 is 10.2 Å². The Labute approximate surface area is 79.3 Å². The minimum Gasteiger partial charge on any atom is -0.507 e. The molecule has 0 saturated carbocycles. The van der Waals surface area contributed by atoms with Crippen LogP contribution < -0.4 is 0 Å². The lowest BCUT2D eigenvalue weighted by Gasteiger charge is -2.06. The molecule has 12 heavy (non-hydrogen) atoms. The lowest BCUT2D eigenvalue weighted by atomic mass is 10.1. The maximum atomic E-state index is 9.32.